The molecule has 0 saturated heterocycles. The van der Waals surface area contributed by atoms with E-state index in [2.05, 4.69) is 21.8 Å². The highest BCUT2D eigenvalue weighted by molar-refractivity contribution is 6.30. The molecule has 2 aromatic rings. The van der Waals surface area contributed by atoms with Gasteiger partial charge in [0.2, 0.25) is 0 Å². The van der Waals surface area contributed by atoms with E-state index in [-0.39, 0.29) is 0 Å². The van der Waals surface area contributed by atoms with E-state index in [4.69, 9.17) is 11.6 Å². The summed E-state index contributed by atoms with van der Waals surface area (Å²) in [5.74, 6) is 0.977. The number of benzene rings is 1. The lowest BCUT2D eigenvalue weighted by molar-refractivity contribution is 0.721. The molecule has 1 N–H and O–H groups in total. The SMILES string of the molecule is CCNCc1cc(Cl)ccc1-n1ccnc1C. The first kappa shape index (κ1) is 12.1. The molecule has 0 unspecified atom stereocenters. The molecule has 4 heteroatoms. The molecule has 90 valence electrons. The summed E-state index contributed by atoms with van der Waals surface area (Å²) in [6.45, 7) is 5.83. The molecule has 0 atom stereocenters. The van der Waals surface area contributed by atoms with Crippen molar-refractivity contribution in [3.8, 4) is 5.69 Å². The molecule has 0 spiro atoms. The van der Waals surface area contributed by atoms with Gasteiger partial charge in [0, 0.05) is 24.0 Å². The quantitative estimate of drug-likeness (QED) is 0.903. The van der Waals surface area contributed by atoms with Gasteiger partial charge in [0.25, 0.3) is 0 Å². The van der Waals surface area contributed by atoms with Crippen LogP contribution >= 0.6 is 11.6 Å². The summed E-state index contributed by atoms with van der Waals surface area (Å²) in [7, 11) is 0. The van der Waals surface area contributed by atoms with Gasteiger partial charge in [0.05, 0.1) is 5.69 Å². The zero-order valence-corrected chi connectivity index (χ0v) is 10.8. The Morgan fingerprint density at radius 2 is 2.24 bits per heavy atom. The van der Waals surface area contributed by atoms with E-state index in [1.165, 1.54) is 5.56 Å². The largest absolute Gasteiger partial charge is 0.313 e. The van der Waals surface area contributed by atoms with Gasteiger partial charge in [-0.05, 0) is 37.2 Å². The van der Waals surface area contributed by atoms with Crippen LogP contribution in [-0.2, 0) is 6.54 Å². The number of hydrogen-bond donors (Lipinski definition) is 1. The molecule has 1 heterocycles. The molecule has 1 aromatic heterocycles. The fourth-order valence-corrected chi connectivity index (χ4v) is 2.02. The Kier molecular flexibility index (Phi) is 3.82. The van der Waals surface area contributed by atoms with Crippen molar-refractivity contribution in [1.29, 1.82) is 0 Å². The Morgan fingerprint density at radius 1 is 1.41 bits per heavy atom. The van der Waals surface area contributed by atoms with E-state index >= 15 is 0 Å². The first-order valence-electron chi connectivity index (χ1n) is 5.72. The maximum absolute atomic E-state index is 6.04. The summed E-state index contributed by atoms with van der Waals surface area (Å²) < 4.78 is 2.07. The van der Waals surface area contributed by atoms with Crippen LogP contribution in [0.4, 0.5) is 0 Å². The van der Waals surface area contributed by atoms with Crippen molar-refractivity contribution in [2.75, 3.05) is 6.54 Å². The number of imidazole rings is 1. The molecule has 1 aromatic carbocycles. The van der Waals surface area contributed by atoms with Crippen molar-refractivity contribution in [2.24, 2.45) is 0 Å². The molecule has 0 radical (unpaired) electrons. The summed E-state index contributed by atoms with van der Waals surface area (Å²) in [6.07, 6.45) is 3.77. The average molecular weight is 250 g/mol. The zero-order valence-electron chi connectivity index (χ0n) is 10.1. The smallest absolute Gasteiger partial charge is 0.110 e. The lowest BCUT2D eigenvalue weighted by Gasteiger charge is -2.12. The van der Waals surface area contributed by atoms with Gasteiger partial charge < -0.3 is 9.88 Å². The lowest BCUT2D eigenvalue weighted by Crippen LogP contribution is -2.14. The molecule has 2 rings (SSSR count). The lowest BCUT2D eigenvalue weighted by atomic mass is 10.1. The van der Waals surface area contributed by atoms with E-state index in [9.17, 15) is 0 Å². The topological polar surface area (TPSA) is 29.9 Å². The fourth-order valence-electron chi connectivity index (χ4n) is 1.82. The van der Waals surface area contributed by atoms with Crippen LogP contribution < -0.4 is 5.32 Å². The van der Waals surface area contributed by atoms with E-state index in [0.717, 1.165) is 29.6 Å². The van der Waals surface area contributed by atoms with Gasteiger partial charge in [-0.25, -0.2) is 4.98 Å². The number of rotatable bonds is 4. The monoisotopic (exact) mass is 249 g/mol. The molecule has 0 aliphatic heterocycles. The normalized spacial score (nSPS) is 10.8. The van der Waals surface area contributed by atoms with Crippen molar-refractivity contribution in [3.63, 3.8) is 0 Å². The highest BCUT2D eigenvalue weighted by Gasteiger charge is 2.07. The van der Waals surface area contributed by atoms with Gasteiger partial charge in [-0.3, -0.25) is 0 Å². The minimum atomic E-state index is 0.763. The summed E-state index contributed by atoms with van der Waals surface area (Å²) in [6, 6.07) is 5.94. The van der Waals surface area contributed by atoms with Gasteiger partial charge in [0.15, 0.2) is 0 Å². The molecular formula is C13H16ClN3. The predicted octanol–water partition coefficient (Wildman–Crippen LogP) is 2.94. The number of hydrogen-bond acceptors (Lipinski definition) is 2. The van der Waals surface area contributed by atoms with Crippen LogP contribution in [-0.4, -0.2) is 16.1 Å². The van der Waals surface area contributed by atoms with Crippen LogP contribution in [0.1, 0.15) is 18.3 Å². The van der Waals surface area contributed by atoms with Crippen LogP contribution in [0.2, 0.25) is 5.02 Å². The highest BCUT2D eigenvalue weighted by atomic mass is 35.5. The Labute approximate surface area is 106 Å². The third-order valence-corrected chi connectivity index (χ3v) is 2.93. The highest BCUT2D eigenvalue weighted by Crippen LogP contribution is 2.20. The number of nitrogens with zero attached hydrogens (tertiary/aromatic N) is 2. The first-order chi connectivity index (χ1) is 8.22. The average Bonchev–Trinajstić information content (AvgIpc) is 2.73. The second-order valence-electron chi connectivity index (χ2n) is 3.90. The summed E-state index contributed by atoms with van der Waals surface area (Å²) in [5.41, 5.74) is 2.31. The fraction of sp³-hybridized carbons (Fsp3) is 0.308. The molecule has 0 fully saturated rings. The van der Waals surface area contributed by atoms with E-state index in [1.807, 2.05) is 31.3 Å². The molecule has 17 heavy (non-hydrogen) atoms. The maximum atomic E-state index is 6.04. The van der Waals surface area contributed by atoms with Crippen LogP contribution in [0.15, 0.2) is 30.6 Å². The van der Waals surface area contributed by atoms with Gasteiger partial charge >= 0.3 is 0 Å². The number of aromatic nitrogens is 2. The van der Waals surface area contributed by atoms with Crippen LogP contribution in [0, 0.1) is 6.92 Å². The van der Waals surface area contributed by atoms with E-state index < -0.39 is 0 Å². The maximum Gasteiger partial charge on any atom is 0.110 e. The molecule has 0 aliphatic rings. The molecule has 0 saturated carbocycles. The minimum Gasteiger partial charge on any atom is -0.313 e. The van der Waals surface area contributed by atoms with Gasteiger partial charge in [-0.1, -0.05) is 18.5 Å². The minimum absolute atomic E-state index is 0.763. The number of halogens is 1. The van der Waals surface area contributed by atoms with E-state index in [1.54, 1.807) is 6.20 Å². The first-order valence-corrected chi connectivity index (χ1v) is 6.09. The van der Waals surface area contributed by atoms with Crippen molar-refractivity contribution >= 4 is 11.6 Å². The Hall–Kier alpha value is -1.32. The molecule has 3 nitrogen and oxygen atoms in total. The van der Waals surface area contributed by atoms with Crippen molar-refractivity contribution < 1.29 is 0 Å². The van der Waals surface area contributed by atoms with Gasteiger partial charge in [-0.15, -0.1) is 0 Å². The molecular weight excluding hydrogens is 234 g/mol. The molecule has 0 amide bonds. The van der Waals surface area contributed by atoms with Crippen LogP contribution in [0.3, 0.4) is 0 Å². The molecule has 0 aliphatic carbocycles. The second kappa shape index (κ2) is 5.34. The second-order valence-corrected chi connectivity index (χ2v) is 4.33. The summed E-state index contributed by atoms with van der Waals surface area (Å²) in [4.78, 5) is 4.25. The zero-order chi connectivity index (χ0) is 12.3. The Balaban J connectivity index is 2.42. The van der Waals surface area contributed by atoms with Crippen molar-refractivity contribution in [3.05, 3.63) is 47.0 Å². The number of nitrogens with one attached hydrogen (secondary N) is 1. The number of aryl methyl sites for hydroxylation is 1. The Bertz CT molecular complexity index is 505. The van der Waals surface area contributed by atoms with E-state index in [0.29, 0.717) is 0 Å². The van der Waals surface area contributed by atoms with Gasteiger partial charge in [-0.2, -0.15) is 0 Å². The van der Waals surface area contributed by atoms with Crippen LogP contribution in [0.25, 0.3) is 5.69 Å². The van der Waals surface area contributed by atoms with Crippen LogP contribution in [0.5, 0.6) is 0 Å². The standard InChI is InChI=1S/C13H16ClN3/c1-3-15-9-11-8-12(14)4-5-13(11)17-7-6-16-10(17)2/h4-8,15H,3,9H2,1-2H3. The Morgan fingerprint density at radius 3 is 2.88 bits per heavy atom. The summed E-state index contributed by atoms with van der Waals surface area (Å²) in [5, 5.41) is 4.08. The third-order valence-electron chi connectivity index (χ3n) is 2.69. The third kappa shape index (κ3) is 2.68. The molecule has 0 bridgehead atoms. The predicted molar refractivity (Wildman–Crippen MR) is 70.7 cm³/mol. The summed E-state index contributed by atoms with van der Waals surface area (Å²) >= 11 is 6.04. The van der Waals surface area contributed by atoms with Crippen molar-refractivity contribution in [2.45, 2.75) is 20.4 Å². The van der Waals surface area contributed by atoms with Crippen molar-refractivity contribution in [1.82, 2.24) is 14.9 Å². The van der Waals surface area contributed by atoms with Gasteiger partial charge in [0.1, 0.15) is 5.82 Å².